The second-order valence-electron chi connectivity index (χ2n) is 9.44. The zero-order valence-corrected chi connectivity index (χ0v) is 20.9. The van der Waals surface area contributed by atoms with Gasteiger partial charge in [-0.25, -0.2) is 4.98 Å². The molecule has 1 N–H and O–H groups in total. The predicted molar refractivity (Wildman–Crippen MR) is 136 cm³/mol. The quantitative estimate of drug-likeness (QED) is 0.410. The van der Waals surface area contributed by atoms with Crippen LogP contribution in [-0.4, -0.2) is 58.6 Å². The van der Waals surface area contributed by atoms with E-state index in [0.29, 0.717) is 19.6 Å². The van der Waals surface area contributed by atoms with Gasteiger partial charge in [0.15, 0.2) is 11.5 Å². The summed E-state index contributed by atoms with van der Waals surface area (Å²) in [5.74, 6) is 2.32. The number of aliphatic hydroxyl groups is 1. The van der Waals surface area contributed by atoms with Crippen molar-refractivity contribution in [2.24, 2.45) is 0 Å². The van der Waals surface area contributed by atoms with Crippen LogP contribution in [0, 0.1) is 6.92 Å². The number of benzene rings is 2. The van der Waals surface area contributed by atoms with Crippen molar-refractivity contribution in [1.29, 1.82) is 0 Å². The number of imidazole rings is 1. The van der Waals surface area contributed by atoms with Crippen molar-refractivity contribution in [2.75, 3.05) is 33.4 Å². The van der Waals surface area contributed by atoms with E-state index >= 15 is 0 Å². The molecule has 0 radical (unpaired) electrons. The molecule has 1 aliphatic rings. The molecule has 1 saturated heterocycles. The van der Waals surface area contributed by atoms with Gasteiger partial charge in [-0.15, -0.1) is 0 Å². The Morgan fingerprint density at radius 1 is 1.03 bits per heavy atom. The lowest BCUT2D eigenvalue weighted by molar-refractivity contribution is -0.0168. The molecule has 7 heteroatoms. The van der Waals surface area contributed by atoms with Crippen LogP contribution >= 0.6 is 0 Å². The molecule has 3 aromatic rings. The molecule has 0 saturated carbocycles. The molecule has 0 aliphatic carbocycles. The highest BCUT2D eigenvalue weighted by Gasteiger charge is 2.31. The van der Waals surface area contributed by atoms with Crippen molar-refractivity contribution in [3.63, 3.8) is 0 Å². The van der Waals surface area contributed by atoms with Gasteiger partial charge in [0.05, 0.1) is 25.6 Å². The Hall–Kier alpha value is -3.03. The summed E-state index contributed by atoms with van der Waals surface area (Å²) in [6.45, 7) is 6.44. The second-order valence-corrected chi connectivity index (χ2v) is 9.44. The monoisotopic (exact) mass is 479 g/mol. The van der Waals surface area contributed by atoms with Crippen LogP contribution in [0.4, 0.5) is 0 Å². The van der Waals surface area contributed by atoms with Crippen LogP contribution in [0.5, 0.6) is 17.2 Å². The normalized spacial score (nSPS) is 18.7. The van der Waals surface area contributed by atoms with E-state index in [1.165, 1.54) is 11.1 Å². The average Bonchev–Trinajstić information content (AvgIpc) is 3.32. The topological polar surface area (TPSA) is 69.0 Å². The van der Waals surface area contributed by atoms with Gasteiger partial charge in [-0.3, -0.25) is 4.90 Å². The minimum absolute atomic E-state index is 0.324. The molecule has 0 spiro atoms. The van der Waals surface area contributed by atoms with Gasteiger partial charge >= 0.3 is 0 Å². The molecule has 1 atom stereocenters. The van der Waals surface area contributed by atoms with E-state index in [4.69, 9.17) is 14.2 Å². The summed E-state index contributed by atoms with van der Waals surface area (Å²) in [6, 6.07) is 14.1. The zero-order chi connectivity index (χ0) is 24.5. The number of aryl methyl sites for hydroxylation is 2. The van der Waals surface area contributed by atoms with Gasteiger partial charge in [0, 0.05) is 32.0 Å². The number of hydrogen-bond acceptors (Lipinski definition) is 6. The number of rotatable bonds is 11. The summed E-state index contributed by atoms with van der Waals surface area (Å²) in [5.41, 5.74) is 1.57. The van der Waals surface area contributed by atoms with E-state index in [0.717, 1.165) is 62.7 Å². The summed E-state index contributed by atoms with van der Waals surface area (Å²) in [4.78, 5) is 6.45. The molecule has 7 nitrogen and oxygen atoms in total. The molecule has 188 valence electrons. The van der Waals surface area contributed by atoms with Crippen LogP contribution in [0.25, 0.3) is 0 Å². The van der Waals surface area contributed by atoms with Crippen LogP contribution in [0.2, 0.25) is 0 Å². The fraction of sp³-hybridized carbons (Fsp3) is 0.464. The summed E-state index contributed by atoms with van der Waals surface area (Å²) in [6.07, 6.45) is 8.81. The molecular formula is C28H37N3O4. The van der Waals surface area contributed by atoms with Crippen LogP contribution in [-0.2, 0) is 13.1 Å². The van der Waals surface area contributed by atoms with E-state index < -0.39 is 5.60 Å². The molecule has 2 heterocycles. The first-order chi connectivity index (χ1) is 17.0. The first kappa shape index (κ1) is 25.1. The molecule has 0 amide bonds. The molecule has 1 aliphatic heterocycles. The highest BCUT2D eigenvalue weighted by Crippen LogP contribution is 2.30. The second kappa shape index (κ2) is 12.1. The molecule has 1 fully saturated rings. The Morgan fingerprint density at radius 3 is 2.66 bits per heavy atom. The SMILES string of the molecule is COc1cc(CN2CCC[C@](O)(COc3ccc(C)cc3)CC2)ccc1OCCCn1ccnc1. The third-order valence-corrected chi connectivity index (χ3v) is 6.55. The Bertz CT molecular complexity index is 1040. The van der Waals surface area contributed by atoms with Crippen molar-refractivity contribution in [3.05, 3.63) is 72.3 Å². The standard InChI is InChI=1S/C28H37N3O4/c1-23-5-8-25(9-6-23)35-21-28(32)11-3-14-30(16-12-28)20-24-7-10-26(27(19-24)33-2)34-18-4-15-31-17-13-29-22-31/h5-10,13,17,19,22,32H,3-4,11-12,14-16,18,20-21H2,1-2H3/t28-/m1/s1. The van der Waals surface area contributed by atoms with E-state index in [1.54, 1.807) is 13.3 Å². The molecule has 0 unspecified atom stereocenters. The lowest BCUT2D eigenvalue weighted by Crippen LogP contribution is -2.37. The van der Waals surface area contributed by atoms with Gasteiger partial charge < -0.3 is 23.9 Å². The van der Waals surface area contributed by atoms with Gasteiger partial charge in [0.1, 0.15) is 12.4 Å². The van der Waals surface area contributed by atoms with E-state index in [9.17, 15) is 5.11 Å². The highest BCUT2D eigenvalue weighted by molar-refractivity contribution is 5.43. The van der Waals surface area contributed by atoms with E-state index in [2.05, 4.69) is 28.9 Å². The van der Waals surface area contributed by atoms with Crippen molar-refractivity contribution in [1.82, 2.24) is 14.5 Å². The van der Waals surface area contributed by atoms with E-state index in [1.807, 2.05) is 47.4 Å². The molecular weight excluding hydrogens is 442 g/mol. The number of nitrogens with zero attached hydrogens (tertiary/aromatic N) is 3. The van der Waals surface area contributed by atoms with Crippen LogP contribution in [0.3, 0.4) is 0 Å². The van der Waals surface area contributed by atoms with Gasteiger partial charge in [-0.2, -0.15) is 0 Å². The van der Waals surface area contributed by atoms with Gasteiger partial charge in [-0.05, 0) is 69.0 Å². The number of aromatic nitrogens is 2. The maximum Gasteiger partial charge on any atom is 0.161 e. The maximum absolute atomic E-state index is 11.1. The smallest absolute Gasteiger partial charge is 0.161 e. The first-order valence-electron chi connectivity index (χ1n) is 12.4. The minimum Gasteiger partial charge on any atom is -0.493 e. The van der Waals surface area contributed by atoms with Crippen molar-refractivity contribution < 1.29 is 19.3 Å². The third-order valence-electron chi connectivity index (χ3n) is 6.55. The zero-order valence-electron chi connectivity index (χ0n) is 20.9. The van der Waals surface area contributed by atoms with Gasteiger partial charge in [0.2, 0.25) is 0 Å². The molecule has 0 bridgehead atoms. The number of hydrogen-bond donors (Lipinski definition) is 1. The van der Waals surface area contributed by atoms with Gasteiger partial charge in [0.25, 0.3) is 0 Å². The lowest BCUT2D eigenvalue weighted by atomic mass is 9.96. The maximum atomic E-state index is 11.1. The van der Waals surface area contributed by atoms with Crippen molar-refractivity contribution in [2.45, 2.75) is 51.3 Å². The fourth-order valence-electron chi connectivity index (χ4n) is 4.43. The molecule has 35 heavy (non-hydrogen) atoms. The molecule has 2 aromatic carbocycles. The Labute approximate surface area is 208 Å². The fourth-order valence-corrected chi connectivity index (χ4v) is 4.43. The van der Waals surface area contributed by atoms with Crippen LogP contribution in [0.1, 0.15) is 36.8 Å². The average molecular weight is 480 g/mol. The highest BCUT2D eigenvalue weighted by atomic mass is 16.5. The van der Waals surface area contributed by atoms with Crippen LogP contribution < -0.4 is 14.2 Å². The number of likely N-dealkylation sites (tertiary alicyclic amines) is 1. The minimum atomic E-state index is -0.800. The Morgan fingerprint density at radius 2 is 1.89 bits per heavy atom. The summed E-state index contributed by atoms with van der Waals surface area (Å²) >= 11 is 0. The largest absolute Gasteiger partial charge is 0.493 e. The van der Waals surface area contributed by atoms with Gasteiger partial charge in [-0.1, -0.05) is 23.8 Å². The third kappa shape index (κ3) is 7.47. The van der Waals surface area contributed by atoms with Crippen molar-refractivity contribution >= 4 is 0 Å². The lowest BCUT2D eigenvalue weighted by Gasteiger charge is -2.27. The van der Waals surface area contributed by atoms with Crippen LogP contribution in [0.15, 0.2) is 61.2 Å². The molecule has 1 aromatic heterocycles. The first-order valence-corrected chi connectivity index (χ1v) is 12.4. The Kier molecular flexibility index (Phi) is 8.66. The van der Waals surface area contributed by atoms with Crippen molar-refractivity contribution in [3.8, 4) is 17.2 Å². The molecule has 4 rings (SSSR count). The predicted octanol–water partition coefficient (Wildman–Crippen LogP) is 4.47. The Balaban J connectivity index is 1.26. The summed E-state index contributed by atoms with van der Waals surface area (Å²) in [5, 5.41) is 11.1. The summed E-state index contributed by atoms with van der Waals surface area (Å²) in [7, 11) is 1.68. The number of methoxy groups -OCH3 is 1. The number of ether oxygens (including phenoxy) is 3. The summed E-state index contributed by atoms with van der Waals surface area (Å²) < 4.78 is 19.5. The van der Waals surface area contributed by atoms with E-state index in [-0.39, 0.29) is 0 Å².